The van der Waals surface area contributed by atoms with Gasteiger partial charge in [-0.1, -0.05) is 40.7 Å². The van der Waals surface area contributed by atoms with Crippen molar-refractivity contribution >= 4 is 14.1 Å². The van der Waals surface area contributed by atoms with Crippen LogP contribution in [0.3, 0.4) is 0 Å². The zero-order valence-electron chi connectivity index (χ0n) is 21.4. The molecule has 0 aromatic rings. The van der Waals surface area contributed by atoms with Crippen LogP contribution >= 0.6 is 0 Å². The molecule has 4 aliphatic rings. The summed E-state index contributed by atoms with van der Waals surface area (Å²) in [7, 11) is -1.77. The first-order valence-electron chi connectivity index (χ1n) is 13.1. The molecule has 0 heterocycles. The van der Waals surface area contributed by atoms with E-state index in [0.29, 0.717) is 34.6 Å². The van der Waals surface area contributed by atoms with E-state index in [0.717, 1.165) is 43.4 Å². The second kappa shape index (κ2) is 7.83. The monoisotopic (exact) mass is 444 g/mol. The highest BCUT2D eigenvalue weighted by molar-refractivity contribution is 6.74. The number of carbonyl (C=O) groups excluding carboxylic acids is 1. The number of hydrogen-bond donors (Lipinski definition) is 0. The first-order chi connectivity index (χ1) is 14.3. The van der Waals surface area contributed by atoms with Crippen molar-refractivity contribution in [3.8, 4) is 0 Å². The standard InChI is InChI=1S/C28H48O2Si/c1-9-10-19-17-20-18-21(29)13-15-27(20,5)23-14-16-28(6)22(25(19)23)11-12-24(28)30-31(7,8)26(2,3)4/h9,19-20,22-25H,1,10-18H2,2-8H3/t19-,20+,22+,23+,24+,25+,27+,28+/m1/s1. The van der Waals surface area contributed by atoms with Gasteiger partial charge in [-0.3, -0.25) is 4.79 Å². The number of hydrogen-bond acceptors (Lipinski definition) is 2. The average Bonchev–Trinajstić information content (AvgIpc) is 2.98. The smallest absolute Gasteiger partial charge is 0.192 e. The van der Waals surface area contributed by atoms with E-state index in [1.54, 1.807) is 0 Å². The fourth-order valence-electron chi connectivity index (χ4n) is 8.35. The van der Waals surface area contributed by atoms with Crippen LogP contribution in [0.1, 0.15) is 92.4 Å². The Morgan fingerprint density at radius 3 is 2.42 bits per heavy atom. The normalized spacial score (nSPS) is 45.6. The molecule has 0 spiro atoms. The van der Waals surface area contributed by atoms with E-state index in [1.165, 1.54) is 32.1 Å². The van der Waals surface area contributed by atoms with Crippen LogP contribution in [-0.4, -0.2) is 20.2 Å². The van der Waals surface area contributed by atoms with Gasteiger partial charge in [0.1, 0.15) is 5.78 Å². The number of ketones is 1. The minimum absolute atomic E-state index is 0.268. The van der Waals surface area contributed by atoms with Crippen LogP contribution < -0.4 is 0 Å². The van der Waals surface area contributed by atoms with Gasteiger partial charge in [0, 0.05) is 12.8 Å². The largest absolute Gasteiger partial charge is 0.413 e. The molecule has 4 aliphatic carbocycles. The van der Waals surface area contributed by atoms with Crippen LogP contribution in [-0.2, 0) is 9.22 Å². The average molecular weight is 445 g/mol. The molecule has 0 aliphatic heterocycles. The third-order valence-electron chi connectivity index (χ3n) is 11.3. The van der Waals surface area contributed by atoms with Crippen molar-refractivity contribution in [2.75, 3.05) is 0 Å². The Morgan fingerprint density at radius 1 is 1.10 bits per heavy atom. The molecule has 31 heavy (non-hydrogen) atoms. The third-order valence-corrected chi connectivity index (χ3v) is 15.8. The number of carbonyl (C=O) groups is 1. The van der Waals surface area contributed by atoms with Crippen molar-refractivity contribution in [1.29, 1.82) is 0 Å². The molecule has 0 unspecified atom stereocenters. The summed E-state index contributed by atoms with van der Waals surface area (Å²) >= 11 is 0. The number of Topliss-reactive ketones (excluding diaryl/α,β-unsaturated/α-hetero) is 1. The molecule has 0 amide bonds. The van der Waals surface area contributed by atoms with Gasteiger partial charge >= 0.3 is 0 Å². The highest BCUT2D eigenvalue weighted by Gasteiger charge is 2.63. The summed E-state index contributed by atoms with van der Waals surface area (Å²) in [6.45, 7) is 21.3. The topological polar surface area (TPSA) is 26.3 Å². The van der Waals surface area contributed by atoms with Crippen molar-refractivity contribution < 1.29 is 9.22 Å². The number of fused-ring (bicyclic) bond motifs is 5. The predicted octanol–water partition coefficient (Wildman–Crippen LogP) is 7.79. The molecule has 8 atom stereocenters. The van der Waals surface area contributed by atoms with E-state index in [2.05, 4.69) is 60.4 Å². The molecule has 0 N–H and O–H groups in total. The van der Waals surface area contributed by atoms with Crippen molar-refractivity contribution in [2.45, 2.75) is 117 Å². The van der Waals surface area contributed by atoms with Gasteiger partial charge in [-0.2, -0.15) is 0 Å². The summed E-state index contributed by atoms with van der Waals surface area (Å²) in [6, 6.07) is 0. The van der Waals surface area contributed by atoms with Gasteiger partial charge in [-0.15, -0.1) is 6.58 Å². The summed E-state index contributed by atoms with van der Waals surface area (Å²) < 4.78 is 7.13. The first kappa shape index (κ1) is 23.7. The number of rotatable bonds is 4. The van der Waals surface area contributed by atoms with Crippen LogP contribution in [0, 0.1) is 40.4 Å². The van der Waals surface area contributed by atoms with Crippen LogP contribution in [0.2, 0.25) is 18.1 Å². The molecule has 4 saturated carbocycles. The summed E-state index contributed by atoms with van der Waals surface area (Å²) in [5.41, 5.74) is 0.694. The molecule has 3 heteroatoms. The molecule has 0 aromatic heterocycles. The molecule has 176 valence electrons. The molecular formula is C28H48O2Si. The Balaban J connectivity index is 1.63. The zero-order chi connectivity index (χ0) is 22.8. The van der Waals surface area contributed by atoms with Gasteiger partial charge in [0.2, 0.25) is 0 Å². The maximum Gasteiger partial charge on any atom is 0.192 e. The van der Waals surface area contributed by atoms with E-state index in [-0.39, 0.29) is 5.04 Å². The van der Waals surface area contributed by atoms with E-state index in [4.69, 9.17) is 4.43 Å². The second-order valence-electron chi connectivity index (χ2n) is 13.7. The highest BCUT2D eigenvalue weighted by atomic mass is 28.4. The minimum Gasteiger partial charge on any atom is -0.413 e. The Labute approximate surface area is 193 Å². The van der Waals surface area contributed by atoms with Crippen LogP contribution in [0.5, 0.6) is 0 Å². The Hall–Kier alpha value is -0.413. The molecule has 0 aromatic carbocycles. The fraction of sp³-hybridized carbons (Fsp3) is 0.893. The molecule has 0 radical (unpaired) electrons. The van der Waals surface area contributed by atoms with Gasteiger partial charge in [0.25, 0.3) is 0 Å². The van der Waals surface area contributed by atoms with Crippen molar-refractivity contribution in [3.05, 3.63) is 12.7 Å². The van der Waals surface area contributed by atoms with Gasteiger partial charge in [-0.25, -0.2) is 0 Å². The third kappa shape index (κ3) is 3.74. The zero-order valence-corrected chi connectivity index (χ0v) is 22.4. The summed E-state index contributed by atoms with van der Waals surface area (Å²) in [5, 5.41) is 0.268. The summed E-state index contributed by atoms with van der Waals surface area (Å²) in [5.74, 6) is 4.19. The van der Waals surface area contributed by atoms with Crippen molar-refractivity contribution in [3.63, 3.8) is 0 Å². The Morgan fingerprint density at radius 2 is 1.77 bits per heavy atom. The maximum absolute atomic E-state index is 12.3. The van der Waals surface area contributed by atoms with Crippen LogP contribution in [0.15, 0.2) is 12.7 Å². The summed E-state index contributed by atoms with van der Waals surface area (Å²) in [4.78, 5) is 12.3. The lowest BCUT2D eigenvalue weighted by atomic mass is 9.42. The molecule has 2 nitrogen and oxygen atoms in total. The lowest BCUT2D eigenvalue weighted by Gasteiger charge is -2.62. The Bertz CT molecular complexity index is 721. The van der Waals surface area contributed by atoms with E-state index >= 15 is 0 Å². The SMILES string of the molecule is C=CC[C@@H]1C[C@H]2CC(=O)CC[C@]2(C)[C@H]2CC[C@]3(C)[C@@H](O[Si](C)(C)C(C)(C)C)CC[C@H]3[C@H]12. The Kier molecular flexibility index (Phi) is 5.99. The molecular weight excluding hydrogens is 396 g/mol. The first-order valence-corrected chi connectivity index (χ1v) is 16.0. The van der Waals surface area contributed by atoms with Gasteiger partial charge in [0.05, 0.1) is 6.10 Å². The molecule has 0 bridgehead atoms. The molecule has 4 rings (SSSR count). The molecule has 4 fully saturated rings. The lowest BCUT2D eigenvalue weighted by Crippen LogP contribution is -2.58. The van der Waals surface area contributed by atoms with E-state index in [9.17, 15) is 4.79 Å². The minimum atomic E-state index is -1.77. The fourth-order valence-corrected chi connectivity index (χ4v) is 9.81. The van der Waals surface area contributed by atoms with Crippen molar-refractivity contribution in [1.82, 2.24) is 0 Å². The van der Waals surface area contributed by atoms with Crippen LogP contribution in [0.4, 0.5) is 0 Å². The van der Waals surface area contributed by atoms with E-state index in [1.807, 2.05) is 0 Å². The quantitative estimate of drug-likeness (QED) is 0.327. The van der Waals surface area contributed by atoms with Gasteiger partial charge in [-0.05, 0) is 103 Å². The second-order valence-corrected chi connectivity index (χ2v) is 18.5. The summed E-state index contributed by atoms with van der Waals surface area (Å²) in [6.07, 6.45) is 13.0. The van der Waals surface area contributed by atoms with Crippen molar-refractivity contribution in [2.24, 2.45) is 40.4 Å². The number of allylic oxidation sites excluding steroid dienone is 1. The predicted molar refractivity (Wildman–Crippen MR) is 132 cm³/mol. The van der Waals surface area contributed by atoms with E-state index < -0.39 is 8.32 Å². The lowest BCUT2D eigenvalue weighted by molar-refractivity contribution is -0.154. The van der Waals surface area contributed by atoms with Crippen LogP contribution in [0.25, 0.3) is 0 Å². The maximum atomic E-state index is 12.3. The van der Waals surface area contributed by atoms with Gasteiger partial charge in [0.15, 0.2) is 8.32 Å². The van der Waals surface area contributed by atoms with Gasteiger partial charge < -0.3 is 4.43 Å². The highest BCUT2D eigenvalue weighted by Crippen LogP contribution is 2.68. The molecule has 0 saturated heterocycles.